The van der Waals surface area contributed by atoms with Crippen LogP contribution in [0.1, 0.15) is 16.7 Å². The molecule has 4 heterocycles. The molecule has 87 heavy (non-hydrogen) atoms. The van der Waals surface area contributed by atoms with Crippen LogP contribution in [-0.2, 0) is 0 Å². The van der Waals surface area contributed by atoms with Gasteiger partial charge in [0.2, 0.25) is 0 Å². The summed E-state index contributed by atoms with van der Waals surface area (Å²) < 4.78 is 7.00. The first kappa shape index (κ1) is 50.7. The molecule has 402 valence electrons. The Morgan fingerprint density at radius 1 is 0.322 bits per heavy atom. The minimum Gasteiger partial charge on any atom is -0.308 e. The summed E-state index contributed by atoms with van der Waals surface area (Å²) in [5, 5.41) is 38.3. The zero-order valence-electron chi connectivity index (χ0n) is 46.5. The molecular weight excluding hydrogens is 1080 g/mol. The summed E-state index contributed by atoms with van der Waals surface area (Å²) in [7, 11) is 0. The lowest BCUT2D eigenvalue weighted by Gasteiger charge is -2.25. The first-order valence-corrected chi connectivity index (χ1v) is 29.6. The Balaban J connectivity index is 1.26. The van der Waals surface area contributed by atoms with Gasteiger partial charge in [-0.3, -0.25) is 0 Å². The summed E-state index contributed by atoms with van der Waals surface area (Å²) in [4.78, 5) is 11.0. The van der Waals surface area contributed by atoms with Crippen LogP contribution in [0.15, 0.2) is 273 Å². The van der Waals surface area contributed by atoms with Crippen molar-refractivity contribution in [2.45, 2.75) is 0 Å². The number of hydrogen-bond donors (Lipinski definition) is 0. The highest BCUT2D eigenvalue weighted by Crippen LogP contribution is 2.60. The number of aromatic nitrogens is 4. The molecule has 0 aliphatic heterocycles. The second-order valence-electron chi connectivity index (χ2n) is 21.6. The topological polar surface area (TPSA) is 107 Å². The first-order valence-electron chi connectivity index (χ1n) is 28.7. The number of nitriles is 3. The quantitative estimate of drug-likeness (QED) is 0.143. The Kier molecular flexibility index (Phi) is 12.1. The molecule has 0 aliphatic rings. The van der Waals surface area contributed by atoms with Crippen molar-refractivity contribution in [2.75, 3.05) is 0 Å². The number of rotatable bonds is 9. The number of nitrogens with zero attached hydrogens (tertiary/aromatic N) is 7. The normalized spacial score (nSPS) is 11.4. The smallest absolute Gasteiger partial charge is 0.162 e. The molecule has 4 aromatic heterocycles. The van der Waals surface area contributed by atoms with E-state index in [0.29, 0.717) is 17.1 Å². The fourth-order valence-electron chi connectivity index (χ4n) is 13.4. The molecule has 0 bridgehead atoms. The lowest BCUT2D eigenvalue weighted by molar-refractivity contribution is 1.13. The van der Waals surface area contributed by atoms with Crippen LogP contribution >= 0.6 is 11.3 Å². The largest absolute Gasteiger partial charge is 0.308 e. The highest BCUT2D eigenvalue weighted by atomic mass is 32.1. The molecule has 12 aromatic carbocycles. The van der Waals surface area contributed by atoms with Gasteiger partial charge in [-0.2, -0.15) is 15.8 Å². The van der Waals surface area contributed by atoms with Gasteiger partial charge < -0.3 is 9.13 Å². The fourth-order valence-corrected chi connectivity index (χ4v) is 14.8. The number of hydrogen-bond acceptors (Lipinski definition) is 6. The lowest BCUT2D eigenvalue weighted by atomic mass is 9.80. The number of thiophene rings is 1. The van der Waals surface area contributed by atoms with Crippen molar-refractivity contribution in [3.63, 3.8) is 0 Å². The van der Waals surface area contributed by atoms with E-state index in [0.717, 1.165) is 136 Å². The predicted octanol–water partition coefficient (Wildman–Crippen LogP) is 20.3. The monoisotopic (exact) mass is 1120 g/mol. The Bertz CT molecular complexity index is 5450. The van der Waals surface area contributed by atoms with Gasteiger partial charge in [-0.25, -0.2) is 9.97 Å². The molecule has 0 spiro atoms. The summed E-state index contributed by atoms with van der Waals surface area (Å²) in [5.74, 6) is 0.378. The predicted molar refractivity (Wildman–Crippen MR) is 356 cm³/mol. The van der Waals surface area contributed by atoms with E-state index in [9.17, 15) is 15.8 Å². The van der Waals surface area contributed by atoms with Crippen molar-refractivity contribution in [3.05, 3.63) is 290 Å². The molecule has 16 rings (SSSR count). The average molecular weight is 1120 g/mol. The highest BCUT2D eigenvalue weighted by molar-refractivity contribution is 7.27. The zero-order valence-corrected chi connectivity index (χ0v) is 47.3. The Labute approximate surface area is 504 Å². The van der Waals surface area contributed by atoms with Crippen LogP contribution in [0, 0.1) is 34.0 Å². The van der Waals surface area contributed by atoms with Crippen molar-refractivity contribution in [1.29, 1.82) is 15.8 Å². The van der Waals surface area contributed by atoms with Gasteiger partial charge in [0.1, 0.15) is 0 Å². The molecule has 0 radical (unpaired) electrons. The van der Waals surface area contributed by atoms with Crippen molar-refractivity contribution >= 4 is 75.1 Å². The van der Waals surface area contributed by atoms with E-state index in [1.807, 2.05) is 0 Å². The minimum absolute atomic E-state index is 0.164. The van der Waals surface area contributed by atoms with E-state index < -0.39 is 0 Å². The van der Waals surface area contributed by atoms with Crippen LogP contribution in [0.2, 0.25) is 0 Å². The van der Waals surface area contributed by atoms with E-state index in [4.69, 9.17) is 9.97 Å². The van der Waals surface area contributed by atoms with Crippen LogP contribution in [0.4, 0.5) is 0 Å². The second kappa shape index (κ2) is 20.7. The molecule has 0 atom stereocenters. The molecule has 7 nitrogen and oxygen atoms in total. The summed E-state index contributed by atoms with van der Waals surface area (Å²) in [6.45, 7) is 0. The van der Waals surface area contributed by atoms with E-state index in [1.165, 1.54) is 12.1 Å². The molecular formula is C79H45N7S. The van der Waals surface area contributed by atoms with Crippen LogP contribution in [0.25, 0.3) is 153 Å². The van der Waals surface area contributed by atoms with Gasteiger partial charge in [0, 0.05) is 59.9 Å². The molecule has 0 amide bonds. The maximum Gasteiger partial charge on any atom is 0.162 e. The average Bonchev–Trinajstić information content (AvgIpc) is 1.59. The van der Waals surface area contributed by atoms with Crippen molar-refractivity contribution in [2.24, 2.45) is 0 Å². The number of benzene rings is 12. The Hall–Kier alpha value is -12.0. The van der Waals surface area contributed by atoms with E-state index in [2.05, 4.69) is 276 Å². The fraction of sp³-hybridized carbons (Fsp3) is 0. The van der Waals surface area contributed by atoms with Crippen LogP contribution in [0.3, 0.4) is 0 Å². The van der Waals surface area contributed by atoms with E-state index >= 15 is 0 Å². The third-order valence-electron chi connectivity index (χ3n) is 16.9. The van der Waals surface area contributed by atoms with E-state index in [1.54, 1.807) is 23.6 Å². The summed E-state index contributed by atoms with van der Waals surface area (Å²) in [5.41, 5.74) is 18.3. The van der Waals surface area contributed by atoms with Crippen molar-refractivity contribution < 1.29 is 0 Å². The molecule has 8 heteroatoms. The molecule has 0 saturated carbocycles. The highest BCUT2D eigenvalue weighted by Gasteiger charge is 2.35. The molecule has 0 aliphatic carbocycles. The van der Waals surface area contributed by atoms with Gasteiger partial charge >= 0.3 is 0 Å². The van der Waals surface area contributed by atoms with Gasteiger partial charge in [-0.05, 0) is 87.0 Å². The van der Waals surface area contributed by atoms with Gasteiger partial charge in [0.25, 0.3) is 0 Å². The Morgan fingerprint density at radius 2 is 0.701 bits per heavy atom. The van der Waals surface area contributed by atoms with Crippen molar-refractivity contribution in [1.82, 2.24) is 19.1 Å². The van der Waals surface area contributed by atoms with Gasteiger partial charge in [-0.1, -0.05) is 224 Å². The van der Waals surface area contributed by atoms with E-state index in [-0.39, 0.29) is 16.7 Å². The first-order chi connectivity index (χ1) is 43.1. The van der Waals surface area contributed by atoms with Crippen LogP contribution in [-0.4, -0.2) is 19.1 Å². The van der Waals surface area contributed by atoms with Crippen LogP contribution < -0.4 is 0 Å². The number of para-hydroxylation sites is 4. The van der Waals surface area contributed by atoms with Crippen LogP contribution in [0.5, 0.6) is 0 Å². The SMILES string of the molecule is N#Cc1cc(C#N)c(-c2ccnc(-c3c(-c4ccccc4)c(-n4c5ccccc5c5ccccc54)c4c(sc5c(-c6ccccc6)c(-c6ccccc6)c(-c6ccccc6)c(-c6ccccc6)c54)c3-n3c4ccccc4c4ccccc43)n2)c(C#N)c1. The third-order valence-corrected chi connectivity index (χ3v) is 18.1. The third kappa shape index (κ3) is 7.93. The Morgan fingerprint density at radius 3 is 1.14 bits per heavy atom. The zero-order chi connectivity index (χ0) is 58.1. The van der Waals surface area contributed by atoms with Gasteiger partial charge in [-0.15, -0.1) is 11.3 Å². The molecule has 0 N–H and O–H groups in total. The summed E-state index contributed by atoms with van der Waals surface area (Å²) in [6, 6.07) is 100. The van der Waals surface area contributed by atoms with Gasteiger partial charge in [0.15, 0.2) is 5.82 Å². The summed E-state index contributed by atoms with van der Waals surface area (Å²) >= 11 is 1.79. The standard InChI is InChI=1S/C79H45N7S/c80-46-49-44-55(47-81)66(56(45-49)48-82)61-42-43-83-79(84-61)74-70(53-30-12-4-13-31-53)75(85-62-38-20-16-34-57(62)58-35-17-21-39-63(58)85)73-72-69(52-28-10-3-11-29-52)67(50-24-6-1-7-25-50)68(51-26-8-2-9-27-51)71(54-32-14-5-15-33-54)77(72)87-78(73)76(74)86-64-40-22-18-36-59(64)60-37-19-23-41-65(60)86/h1-45H. The maximum atomic E-state index is 10.8. The molecule has 0 fully saturated rings. The molecule has 0 saturated heterocycles. The lowest BCUT2D eigenvalue weighted by Crippen LogP contribution is -2.08. The van der Waals surface area contributed by atoms with Gasteiger partial charge in [0.05, 0.1) is 84.3 Å². The second-order valence-corrected chi connectivity index (χ2v) is 22.6. The summed E-state index contributed by atoms with van der Waals surface area (Å²) in [6.07, 6.45) is 1.73. The number of fused-ring (bicyclic) bond motifs is 9. The minimum atomic E-state index is 0.164. The molecule has 0 unspecified atom stereocenters. The van der Waals surface area contributed by atoms with Crippen molar-refractivity contribution in [3.8, 4) is 108 Å². The molecule has 16 aromatic rings. The maximum absolute atomic E-state index is 10.8.